The van der Waals surface area contributed by atoms with Crippen LogP contribution in [0.2, 0.25) is 0 Å². The Labute approximate surface area is 119 Å². The first kappa shape index (κ1) is 20.0. The lowest BCUT2D eigenvalue weighted by molar-refractivity contribution is -0.146. The summed E-state index contributed by atoms with van der Waals surface area (Å²) in [6.07, 6.45) is 1.08. The second-order valence-corrected chi connectivity index (χ2v) is 5.88. The number of halogens is 1. The molecule has 0 heterocycles. The van der Waals surface area contributed by atoms with Crippen molar-refractivity contribution in [1.82, 2.24) is 0 Å². The molecule has 0 aliphatic rings. The third kappa shape index (κ3) is 11.5. The first-order valence-electron chi connectivity index (χ1n) is 5.51. The highest BCUT2D eigenvalue weighted by molar-refractivity contribution is 6.70. The van der Waals surface area contributed by atoms with Crippen LogP contribution in [-0.2, 0) is 27.7 Å². The molecule has 0 N–H and O–H groups in total. The van der Waals surface area contributed by atoms with E-state index in [1.165, 1.54) is 0 Å². The van der Waals surface area contributed by atoms with Gasteiger partial charge >= 0.3 is 8.80 Å². The van der Waals surface area contributed by atoms with Crippen LogP contribution in [0.4, 0.5) is 0 Å². The molecule has 6 nitrogen and oxygen atoms in total. The zero-order valence-corrected chi connectivity index (χ0v) is 13.3. The van der Waals surface area contributed by atoms with Crippen LogP contribution in [0, 0.1) is 0 Å². The zero-order chi connectivity index (χ0) is 15.5. The van der Waals surface area contributed by atoms with Gasteiger partial charge in [0.2, 0.25) is 0 Å². The van der Waals surface area contributed by atoms with E-state index in [1.807, 2.05) is 6.92 Å². The van der Waals surface area contributed by atoms with Crippen LogP contribution >= 0.6 is 11.6 Å². The van der Waals surface area contributed by atoms with E-state index in [0.717, 1.165) is 38.8 Å². The number of hydrogen-bond donors (Lipinski definition) is 0. The number of carbonyl (C=O) groups excluding carboxylic acids is 3. The van der Waals surface area contributed by atoms with Crippen molar-refractivity contribution in [2.75, 3.05) is 5.88 Å². The quantitative estimate of drug-likeness (QED) is 0.570. The van der Waals surface area contributed by atoms with Crippen molar-refractivity contribution in [3.63, 3.8) is 0 Å². The molecule has 0 radical (unpaired) electrons. The maximum atomic E-state index is 10.8. The molecule has 0 aliphatic carbocycles. The summed E-state index contributed by atoms with van der Waals surface area (Å²) in [6, 6.07) is 0. The van der Waals surface area contributed by atoms with Crippen LogP contribution in [0.15, 0.2) is 12.3 Å². The molecule has 0 atom stereocenters. The number of carbonyl (C=O) groups is 3. The smallest absolute Gasteiger partial charge is 0.452 e. The van der Waals surface area contributed by atoms with Gasteiger partial charge < -0.3 is 13.3 Å². The molecule has 0 rings (SSSR count). The highest BCUT2D eigenvalue weighted by Crippen LogP contribution is 2.12. The predicted molar refractivity (Wildman–Crippen MR) is 72.3 cm³/mol. The Morgan fingerprint density at radius 3 is 1.42 bits per heavy atom. The van der Waals surface area contributed by atoms with Gasteiger partial charge in [0.05, 0.1) is 0 Å². The predicted octanol–water partition coefficient (Wildman–Crippen LogP) is 1.97. The van der Waals surface area contributed by atoms with E-state index in [1.54, 1.807) is 0 Å². The highest BCUT2D eigenvalue weighted by Gasteiger charge is 2.48. The number of hydrogen-bond acceptors (Lipinski definition) is 6. The van der Waals surface area contributed by atoms with E-state index in [-0.39, 0.29) is 0 Å². The van der Waals surface area contributed by atoms with Crippen molar-refractivity contribution in [1.29, 1.82) is 0 Å². The molecule has 19 heavy (non-hydrogen) atoms. The number of alkyl halides is 1. The van der Waals surface area contributed by atoms with E-state index in [0.29, 0.717) is 0 Å². The normalized spacial score (nSPS) is 9.53. The molecule has 0 spiro atoms. The fourth-order valence-electron chi connectivity index (χ4n) is 0.789. The average Bonchev–Trinajstić information content (AvgIpc) is 2.26. The van der Waals surface area contributed by atoms with Gasteiger partial charge in [-0.2, -0.15) is 0 Å². The van der Waals surface area contributed by atoms with Crippen molar-refractivity contribution in [2.45, 2.75) is 34.1 Å². The third-order valence-electron chi connectivity index (χ3n) is 1.30. The summed E-state index contributed by atoms with van der Waals surface area (Å²) in [5.74, 6) is -1.36. The molecule has 0 amide bonds. The lowest BCUT2D eigenvalue weighted by Crippen LogP contribution is -2.47. The van der Waals surface area contributed by atoms with Crippen molar-refractivity contribution < 1.29 is 27.7 Å². The van der Waals surface area contributed by atoms with E-state index >= 15 is 0 Å². The molecule has 0 bridgehead atoms. The molecule has 110 valence electrons. The molecule has 0 saturated carbocycles. The largest absolute Gasteiger partial charge is 0.734 e. The minimum Gasteiger partial charge on any atom is -0.452 e. The molecule has 8 heteroatoms. The molecular formula is C11H19ClO6Si. The first-order valence-corrected chi connectivity index (χ1v) is 7.85. The number of rotatable bonds is 5. The summed E-state index contributed by atoms with van der Waals surface area (Å²) < 4.78 is 14.1. The van der Waals surface area contributed by atoms with Crippen LogP contribution in [0.1, 0.15) is 34.1 Å². The summed E-state index contributed by atoms with van der Waals surface area (Å²) in [6.45, 7) is 8.70. The minimum atomic E-state index is -3.74. The molecule has 0 fully saturated rings. The Morgan fingerprint density at radius 2 is 1.32 bits per heavy atom. The Kier molecular flexibility index (Phi) is 11.1. The van der Waals surface area contributed by atoms with Crippen molar-refractivity contribution >= 4 is 38.3 Å². The molecule has 0 aromatic carbocycles. The second-order valence-electron chi connectivity index (χ2n) is 3.28. The Hall–Kier alpha value is -1.34. The SMILES string of the molecule is C=C[Si](OC(C)=O)(OC(C)=O)OC(C)=O.CCCCl. The Morgan fingerprint density at radius 1 is 1.05 bits per heavy atom. The molecule has 0 aromatic rings. The van der Waals surface area contributed by atoms with Crippen LogP contribution in [0.5, 0.6) is 0 Å². The van der Waals surface area contributed by atoms with Gasteiger partial charge in [-0.05, 0) is 6.42 Å². The Bertz CT molecular complexity index is 288. The second kappa shape index (κ2) is 10.6. The molecule has 0 aromatic heterocycles. The van der Waals surface area contributed by atoms with Crippen LogP contribution in [0.3, 0.4) is 0 Å². The summed E-state index contributed by atoms with van der Waals surface area (Å²) >= 11 is 5.19. The average molecular weight is 311 g/mol. The van der Waals surface area contributed by atoms with Crippen molar-refractivity contribution in [2.24, 2.45) is 0 Å². The standard InChI is InChI=1S/C8H12O6Si.C3H7Cl/c1-5-15(12-6(2)9,13-7(3)10)14-8(4)11;1-2-3-4/h5H,1H2,2-4H3;2-3H2,1H3. The maximum absolute atomic E-state index is 10.8. The van der Waals surface area contributed by atoms with Gasteiger partial charge in [-0.3, -0.25) is 14.4 Å². The summed E-state index contributed by atoms with van der Waals surface area (Å²) in [5.41, 5.74) is 1.04. The molecule has 0 aliphatic heterocycles. The van der Waals surface area contributed by atoms with E-state index in [2.05, 4.69) is 6.58 Å². The maximum Gasteiger partial charge on any atom is 0.734 e. The van der Waals surface area contributed by atoms with Crippen LogP contribution in [0.25, 0.3) is 0 Å². The van der Waals surface area contributed by atoms with Crippen molar-refractivity contribution in [3.8, 4) is 0 Å². The monoisotopic (exact) mass is 310 g/mol. The van der Waals surface area contributed by atoms with Crippen molar-refractivity contribution in [3.05, 3.63) is 12.3 Å². The zero-order valence-electron chi connectivity index (χ0n) is 11.5. The summed E-state index contributed by atoms with van der Waals surface area (Å²) in [5, 5.41) is 0. The fourth-order valence-corrected chi connectivity index (χ4v) is 2.37. The third-order valence-corrected chi connectivity index (χ3v) is 3.89. The van der Waals surface area contributed by atoms with Gasteiger partial charge in [-0.25, -0.2) is 0 Å². The van der Waals surface area contributed by atoms with Gasteiger partial charge in [0.1, 0.15) is 0 Å². The fraction of sp³-hybridized carbons (Fsp3) is 0.545. The molecular weight excluding hydrogens is 292 g/mol. The summed E-state index contributed by atoms with van der Waals surface area (Å²) in [4.78, 5) is 32.3. The van der Waals surface area contributed by atoms with Gasteiger partial charge in [0, 0.05) is 32.4 Å². The van der Waals surface area contributed by atoms with Gasteiger partial charge in [0.25, 0.3) is 17.9 Å². The lowest BCUT2D eigenvalue weighted by Gasteiger charge is -2.22. The van der Waals surface area contributed by atoms with Crippen LogP contribution in [-0.4, -0.2) is 32.6 Å². The highest BCUT2D eigenvalue weighted by atomic mass is 35.5. The first-order chi connectivity index (χ1) is 8.72. The van der Waals surface area contributed by atoms with E-state index in [4.69, 9.17) is 24.9 Å². The van der Waals surface area contributed by atoms with E-state index in [9.17, 15) is 14.4 Å². The van der Waals surface area contributed by atoms with Gasteiger partial charge in [-0.15, -0.1) is 11.6 Å². The van der Waals surface area contributed by atoms with E-state index < -0.39 is 26.7 Å². The topological polar surface area (TPSA) is 78.9 Å². The summed E-state index contributed by atoms with van der Waals surface area (Å²) in [7, 11) is -3.74. The molecule has 0 unspecified atom stereocenters. The Balaban J connectivity index is 0. The minimum absolute atomic E-state index is 0.718. The van der Waals surface area contributed by atoms with Crippen LogP contribution < -0.4 is 0 Å². The molecule has 0 saturated heterocycles. The lowest BCUT2D eigenvalue weighted by atomic mass is 10.6. The van der Waals surface area contributed by atoms with Gasteiger partial charge in [0.15, 0.2) is 0 Å². The van der Waals surface area contributed by atoms with Gasteiger partial charge in [-0.1, -0.05) is 13.5 Å².